The van der Waals surface area contributed by atoms with E-state index in [1.165, 1.54) is 4.88 Å². The zero-order chi connectivity index (χ0) is 19.2. The molecule has 4 rings (SSSR count). The Kier molecular flexibility index (Phi) is 4.57. The number of rotatable bonds is 2. The molecule has 2 aliphatic heterocycles. The third kappa shape index (κ3) is 3.17. The molecule has 2 aromatic rings. The van der Waals surface area contributed by atoms with Gasteiger partial charge in [0.1, 0.15) is 26.4 Å². The Morgan fingerprint density at radius 2 is 1.41 bits per heavy atom. The minimum Gasteiger partial charge on any atom is -0.485 e. The zero-order valence-corrected chi connectivity index (χ0v) is 17.4. The zero-order valence-electron chi connectivity index (χ0n) is 15.8. The van der Waals surface area contributed by atoms with Crippen molar-refractivity contribution in [3.63, 3.8) is 0 Å². The molecule has 0 saturated heterocycles. The molecular weight excluding hydrogens is 382 g/mol. The Morgan fingerprint density at radius 3 is 2.00 bits per heavy atom. The lowest BCUT2D eigenvalue weighted by molar-refractivity contribution is 0.170. The smallest absolute Gasteiger partial charge is 0.181 e. The molecular formula is C20H21NO4S2. The fourth-order valence-corrected chi connectivity index (χ4v) is 5.59. The van der Waals surface area contributed by atoms with Crippen LogP contribution in [-0.2, 0) is 5.41 Å². The van der Waals surface area contributed by atoms with E-state index in [-0.39, 0.29) is 5.41 Å². The van der Waals surface area contributed by atoms with Gasteiger partial charge in [0.05, 0.1) is 26.1 Å². The summed E-state index contributed by atoms with van der Waals surface area (Å²) < 4.78 is 23.9. The van der Waals surface area contributed by atoms with Gasteiger partial charge in [-0.2, -0.15) is 0 Å². The minimum absolute atomic E-state index is 0.0498. The topological polar surface area (TPSA) is 41.3 Å². The fourth-order valence-electron chi connectivity index (χ4n) is 3.03. The summed E-state index contributed by atoms with van der Waals surface area (Å²) in [6.45, 7) is 17.7. The van der Waals surface area contributed by atoms with Crippen molar-refractivity contribution in [3.05, 3.63) is 26.9 Å². The highest BCUT2D eigenvalue weighted by atomic mass is 32.1. The van der Waals surface area contributed by atoms with Gasteiger partial charge in [-0.25, -0.2) is 4.85 Å². The number of nitrogens with zero attached hydrogens (tertiary/aromatic N) is 1. The Hall–Kier alpha value is -2.17. The highest BCUT2D eigenvalue weighted by molar-refractivity contribution is 7.23. The van der Waals surface area contributed by atoms with Crippen molar-refractivity contribution in [2.75, 3.05) is 26.4 Å². The first-order chi connectivity index (χ1) is 12.9. The maximum Gasteiger partial charge on any atom is 0.181 e. The molecule has 0 N–H and O–H groups in total. The van der Waals surface area contributed by atoms with Crippen LogP contribution in [0.25, 0.3) is 20.7 Å². The Balaban J connectivity index is 1.92. The van der Waals surface area contributed by atoms with E-state index < -0.39 is 0 Å². The monoisotopic (exact) mass is 403 g/mol. The van der Waals surface area contributed by atoms with Crippen molar-refractivity contribution >= 4 is 28.7 Å². The first-order valence-electron chi connectivity index (χ1n) is 8.81. The van der Waals surface area contributed by atoms with Crippen molar-refractivity contribution in [2.45, 2.75) is 33.1 Å². The van der Waals surface area contributed by atoms with Crippen LogP contribution in [-0.4, -0.2) is 26.4 Å². The van der Waals surface area contributed by atoms with Crippen molar-refractivity contribution in [2.24, 2.45) is 0 Å². The molecule has 0 atom stereocenters. The summed E-state index contributed by atoms with van der Waals surface area (Å²) in [5.41, 5.74) is 0.564. The summed E-state index contributed by atoms with van der Waals surface area (Å²) in [6.07, 6.45) is 1.86. The normalized spacial score (nSPS) is 16.2. The van der Waals surface area contributed by atoms with Crippen molar-refractivity contribution in [1.29, 1.82) is 0 Å². The number of fused-ring (bicyclic) bond motifs is 2. The van der Waals surface area contributed by atoms with Crippen LogP contribution >= 0.6 is 22.7 Å². The van der Waals surface area contributed by atoms with Crippen molar-refractivity contribution in [3.8, 4) is 32.8 Å². The van der Waals surface area contributed by atoms with E-state index in [9.17, 15) is 0 Å². The lowest BCUT2D eigenvalue weighted by Gasteiger charge is -2.22. The minimum atomic E-state index is -0.0498. The second-order valence-corrected chi connectivity index (χ2v) is 9.49. The summed E-state index contributed by atoms with van der Waals surface area (Å²) in [7, 11) is 0. The average Bonchev–Trinajstić information content (AvgIpc) is 3.20. The molecule has 5 nitrogen and oxygen atoms in total. The molecule has 0 spiro atoms. The number of allylic oxidation sites excluding steroid dienone is 1. The van der Waals surface area contributed by atoms with Crippen molar-refractivity contribution < 1.29 is 18.9 Å². The molecule has 27 heavy (non-hydrogen) atoms. The average molecular weight is 404 g/mol. The molecule has 0 radical (unpaired) electrons. The molecule has 0 unspecified atom stereocenters. The molecule has 2 aromatic heterocycles. The summed E-state index contributed by atoms with van der Waals surface area (Å²) in [4.78, 5) is 7.57. The van der Waals surface area contributed by atoms with Crippen LogP contribution in [0.1, 0.15) is 37.4 Å². The summed E-state index contributed by atoms with van der Waals surface area (Å²) in [5, 5.41) is 0. The molecule has 4 heterocycles. The van der Waals surface area contributed by atoms with E-state index in [0.29, 0.717) is 32.1 Å². The van der Waals surface area contributed by atoms with Gasteiger partial charge >= 0.3 is 0 Å². The maximum atomic E-state index is 7.22. The van der Waals surface area contributed by atoms with E-state index in [4.69, 9.17) is 25.5 Å². The summed E-state index contributed by atoms with van der Waals surface area (Å²) >= 11 is 3.26. The fraction of sp³-hybridized carbons (Fsp3) is 0.450. The standard InChI is InChI=1S/C20H21NO4S2/c1-11(21-5)10-12-13-14(23-7-6-22-13)17(26-12)18-15-16(25-9-8-24-15)19(27-18)20(2,3)4/h10H,6-9H2,1-4H3/b11-10-. The van der Waals surface area contributed by atoms with E-state index in [2.05, 4.69) is 25.6 Å². The molecule has 0 aliphatic carbocycles. The van der Waals surface area contributed by atoms with Gasteiger partial charge in [-0.1, -0.05) is 20.8 Å². The van der Waals surface area contributed by atoms with Crippen LogP contribution < -0.4 is 18.9 Å². The predicted molar refractivity (Wildman–Crippen MR) is 109 cm³/mol. The number of hydrogen-bond acceptors (Lipinski definition) is 6. The SMILES string of the molecule is [C-]#[N+]/C(C)=C\c1sc(-c2sc(C(C)(C)C)c3c2OCCO3)c2c1OCCO2. The van der Waals surface area contributed by atoms with E-state index in [1.807, 2.05) is 6.08 Å². The maximum absolute atomic E-state index is 7.22. The van der Waals surface area contributed by atoms with Crippen LogP contribution in [0.15, 0.2) is 5.70 Å². The van der Waals surface area contributed by atoms with Gasteiger partial charge in [-0.05, 0) is 13.0 Å². The molecule has 0 bridgehead atoms. The van der Waals surface area contributed by atoms with Crippen LogP contribution in [0, 0.1) is 6.57 Å². The molecule has 0 aromatic carbocycles. The molecule has 0 fully saturated rings. The third-order valence-corrected chi connectivity index (χ3v) is 7.07. The molecule has 0 amide bonds. The van der Waals surface area contributed by atoms with Gasteiger partial charge in [0, 0.05) is 5.41 Å². The molecule has 142 valence electrons. The molecule has 0 saturated carbocycles. The van der Waals surface area contributed by atoms with Crippen LogP contribution in [0.4, 0.5) is 0 Å². The van der Waals surface area contributed by atoms with Crippen LogP contribution in [0.3, 0.4) is 0 Å². The predicted octanol–water partition coefficient (Wildman–Crippen LogP) is 5.60. The van der Waals surface area contributed by atoms with Gasteiger partial charge in [0.2, 0.25) is 0 Å². The lowest BCUT2D eigenvalue weighted by Crippen LogP contribution is -2.18. The first-order valence-corrected chi connectivity index (χ1v) is 10.4. The quantitative estimate of drug-likeness (QED) is 0.613. The van der Waals surface area contributed by atoms with E-state index >= 15 is 0 Å². The van der Waals surface area contributed by atoms with Gasteiger partial charge in [0.25, 0.3) is 0 Å². The largest absolute Gasteiger partial charge is 0.485 e. The Labute approximate surface area is 167 Å². The number of hydrogen-bond donors (Lipinski definition) is 0. The summed E-state index contributed by atoms with van der Waals surface area (Å²) in [5.74, 6) is 3.11. The lowest BCUT2D eigenvalue weighted by atomic mass is 9.94. The van der Waals surface area contributed by atoms with Gasteiger partial charge in [0.15, 0.2) is 28.7 Å². The van der Waals surface area contributed by atoms with Gasteiger partial charge < -0.3 is 18.9 Å². The Bertz CT molecular complexity index is 956. The van der Waals surface area contributed by atoms with Crippen LogP contribution in [0.5, 0.6) is 23.0 Å². The van der Waals surface area contributed by atoms with Crippen LogP contribution in [0.2, 0.25) is 0 Å². The van der Waals surface area contributed by atoms with Gasteiger partial charge in [-0.3, -0.25) is 0 Å². The summed E-state index contributed by atoms with van der Waals surface area (Å²) in [6, 6.07) is 0. The first kappa shape index (κ1) is 18.2. The Morgan fingerprint density at radius 1 is 0.889 bits per heavy atom. The third-order valence-electron chi connectivity index (χ3n) is 4.23. The second-order valence-electron chi connectivity index (χ2n) is 7.41. The molecule has 2 aliphatic rings. The number of thiophene rings is 2. The second kappa shape index (κ2) is 6.77. The number of ether oxygens (including phenoxy) is 4. The van der Waals surface area contributed by atoms with E-state index in [1.54, 1.807) is 29.6 Å². The molecule has 7 heteroatoms. The highest BCUT2D eigenvalue weighted by Crippen LogP contribution is 2.59. The van der Waals surface area contributed by atoms with Crippen molar-refractivity contribution in [1.82, 2.24) is 0 Å². The van der Waals surface area contributed by atoms with Gasteiger partial charge in [-0.15, -0.1) is 22.7 Å². The highest BCUT2D eigenvalue weighted by Gasteiger charge is 2.35. The van der Waals surface area contributed by atoms with E-state index in [0.717, 1.165) is 37.6 Å².